The quantitative estimate of drug-likeness (QED) is 0.728. The second-order valence-electron chi connectivity index (χ2n) is 4.34. The Hall–Kier alpha value is -0.680. The van der Waals surface area contributed by atoms with Gasteiger partial charge in [0.1, 0.15) is 6.10 Å². The Morgan fingerprint density at radius 1 is 1.18 bits per heavy atom. The molecule has 4 nitrogen and oxygen atoms in total. The molecule has 0 aliphatic carbocycles. The van der Waals surface area contributed by atoms with Crippen LogP contribution in [0.5, 0.6) is 0 Å². The zero-order valence-electron chi connectivity index (χ0n) is 10.6. The summed E-state index contributed by atoms with van der Waals surface area (Å²) in [5.41, 5.74) is 0. The molecule has 1 aliphatic rings. The highest BCUT2D eigenvalue weighted by Crippen LogP contribution is 2.26. The fourth-order valence-electron chi connectivity index (χ4n) is 1.70. The summed E-state index contributed by atoms with van der Waals surface area (Å²) < 4.78 is 10.9. The van der Waals surface area contributed by atoms with Crippen molar-refractivity contribution in [3.05, 3.63) is 24.3 Å². The second kappa shape index (κ2) is 6.91. The molecule has 0 amide bonds. The van der Waals surface area contributed by atoms with E-state index in [-0.39, 0.29) is 12.0 Å². The van der Waals surface area contributed by atoms with Crippen molar-refractivity contribution in [2.24, 2.45) is 5.92 Å². The Bertz CT molecular complexity index is 275. The first-order chi connectivity index (χ1) is 8.07. The van der Waals surface area contributed by atoms with Crippen molar-refractivity contribution in [2.45, 2.75) is 45.4 Å². The van der Waals surface area contributed by atoms with Crippen LogP contribution in [0.4, 0.5) is 0 Å². The highest BCUT2D eigenvalue weighted by Gasteiger charge is 2.40. The van der Waals surface area contributed by atoms with Gasteiger partial charge < -0.3 is 19.7 Å². The molecule has 1 fully saturated rings. The second-order valence-corrected chi connectivity index (χ2v) is 4.34. The fourth-order valence-corrected chi connectivity index (χ4v) is 1.70. The van der Waals surface area contributed by atoms with Crippen LogP contribution < -0.4 is 0 Å². The van der Waals surface area contributed by atoms with Crippen molar-refractivity contribution < 1.29 is 19.7 Å². The largest absolute Gasteiger partial charge is 0.390 e. The van der Waals surface area contributed by atoms with E-state index in [1.54, 1.807) is 0 Å². The average molecular weight is 242 g/mol. The van der Waals surface area contributed by atoms with Gasteiger partial charge >= 0.3 is 0 Å². The summed E-state index contributed by atoms with van der Waals surface area (Å²) in [4.78, 5) is 0. The van der Waals surface area contributed by atoms with Gasteiger partial charge in [-0.1, -0.05) is 31.2 Å². The van der Waals surface area contributed by atoms with E-state index in [9.17, 15) is 10.2 Å². The molecule has 5 atom stereocenters. The molecule has 0 spiro atoms. The van der Waals surface area contributed by atoms with Crippen LogP contribution in [-0.2, 0) is 9.47 Å². The van der Waals surface area contributed by atoms with Gasteiger partial charge in [0.25, 0.3) is 0 Å². The minimum Gasteiger partial charge on any atom is -0.390 e. The number of hydrogen-bond acceptors (Lipinski definition) is 4. The van der Waals surface area contributed by atoms with Gasteiger partial charge in [0.05, 0.1) is 18.8 Å². The predicted molar refractivity (Wildman–Crippen MR) is 65.4 cm³/mol. The minimum atomic E-state index is -0.990. The Kier molecular flexibility index (Phi) is 5.85. The van der Waals surface area contributed by atoms with E-state index < -0.39 is 18.5 Å². The monoisotopic (exact) mass is 242 g/mol. The molecule has 0 bridgehead atoms. The van der Waals surface area contributed by atoms with Crippen molar-refractivity contribution in [2.75, 3.05) is 6.61 Å². The number of hydrogen-bond donors (Lipinski definition) is 2. The molecule has 2 N–H and O–H groups in total. The maximum Gasteiger partial charge on any atom is 0.186 e. The topological polar surface area (TPSA) is 58.9 Å². The highest BCUT2D eigenvalue weighted by molar-refractivity contribution is 5.01. The third-order valence-corrected chi connectivity index (χ3v) is 3.05. The maximum absolute atomic E-state index is 9.79. The van der Waals surface area contributed by atoms with Crippen LogP contribution in [0.25, 0.3) is 0 Å². The molecule has 0 radical (unpaired) electrons. The summed E-state index contributed by atoms with van der Waals surface area (Å²) in [5.74, 6) is -0.0941. The summed E-state index contributed by atoms with van der Waals surface area (Å²) in [7, 11) is 0. The SMILES string of the molecule is C/C=C/C=C/CO[C@@H]1OC(C)[C@H](C)[C@H](O)C1O. The van der Waals surface area contributed by atoms with E-state index in [1.807, 2.05) is 45.1 Å². The highest BCUT2D eigenvalue weighted by atomic mass is 16.7. The lowest BCUT2D eigenvalue weighted by Gasteiger charge is -2.39. The van der Waals surface area contributed by atoms with Crippen LogP contribution in [0.3, 0.4) is 0 Å². The number of rotatable bonds is 4. The van der Waals surface area contributed by atoms with Gasteiger partial charge in [0.2, 0.25) is 0 Å². The molecule has 4 heteroatoms. The van der Waals surface area contributed by atoms with Crippen LogP contribution in [0, 0.1) is 5.92 Å². The van der Waals surface area contributed by atoms with Gasteiger partial charge in [0, 0.05) is 5.92 Å². The molecule has 0 aromatic carbocycles. The van der Waals surface area contributed by atoms with Crippen LogP contribution in [0.1, 0.15) is 20.8 Å². The zero-order chi connectivity index (χ0) is 12.8. The van der Waals surface area contributed by atoms with Crippen LogP contribution in [0.2, 0.25) is 0 Å². The Morgan fingerprint density at radius 3 is 2.53 bits per heavy atom. The fraction of sp³-hybridized carbons (Fsp3) is 0.692. The zero-order valence-corrected chi connectivity index (χ0v) is 10.6. The summed E-state index contributed by atoms with van der Waals surface area (Å²) in [6, 6.07) is 0. The molecular formula is C13H22O4. The lowest BCUT2D eigenvalue weighted by Crippen LogP contribution is -2.53. The molecule has 0 aromatic rings. The first-order valence-electron chi connectivity index (χ1n) is 5.99. The molecular weight excluding hydrogens is 220 g/mol. The number of ether oxygens (including phenoxy) is 2. The molecule has 98 valence electrons. The van der Waals surface area contributed by atoms with Gasteiger partial charge in [0.15, 0.2) is 6.29 Å². The van der Waals surface area contributed by atoms with E-state index >= 15 is 0 Å². The van der Waals surface area contributed by atoms with Crippen molar-refractivity contribution in [1.29, 1.82) is 0 Å². The minimum absolute atomic E-state index is 0.0941. The standard InChI is InChI=1S/C13H22O4/c1-4-5-6-7-8-16-13-12(15)11(14)9(2)10(3)17-13/h4-7,9-15H,8H2,1-3H3/b5-4+,7-6+/t9-,10?,11-,12?,13+/m0/s1. The van der Waals surface area contributed by atoms with Crippen molar-refractivity contribution in [3.63, 3.8) is 0 Å². The van der Waals surface area contributed by atoms with Gasteiger partial charge in [-0.2, -0.15) is 0 Å². The van der Waals surface area contributed by atoms with Crippen molar-refractivity contribution in [1.82, 2.24) is 0 Å². The summed E-state index contributed by atoms with van der Waals surface area (Å²) in [6.07, 6.45) is 4.81. The summed E-state index contributed by atoms with van der Waals surface area (Å²) in [6.45, 7) is 5.99. The average Bonchev–Trinajstić information content (AvgIpc) is 2.32. The normalized spacial score (nSPS) is 39.2. The smallest absolute Gasteiger partial charge is 0.186 e. The summed E-state index contributed by atoms with van der Waals surface area (Å²) >= 11 is 0. The van der Waals surface area contributed by atoms with Gasteiger partial charge in [-0.05, 0) is 13.8 Å². The molecule has 17 heavy (non-hydrogen) atoms. The molecule has 1 heterocycles. The molecule has 0 aromatic heterocycles. The third kappa shape index (κ3) is 3.92. The first-order valence-corrected chi connectivity index (χ1v) is 5.99. The van der Waals surface area contributed by atoms with Crippen LogP contribution in [0.15, 0.2) is 24.3 Å². The van der Waals surface area contributed by atoms with E-state index in [0.717, 1.165) is 0 Å². The lowest BCUT2D eigenvalue weighted by atomic mass is 9.92. The van der Waals surface area contributed by atoms with Crippen LogP contribution in [-0.4, -0.2) is 41.4 Å². The van der Waals surface area contributed by atoms with Crippen LogP contribution >= 0.6 is 0 Å². The Labute approximate surface area is 103 Å². The Balaban J connectivity index is 2.42. The molecule has 2 unspecified atom stereocenters. The number of allylic oxidation sites excluding steroid dienone is 3. The lowest BCUT2D eigenvalue weighted by molar-refractivity contribution is -0.276. The molecule has 1 aliphatic heterocycles. The maximum atomic E-state index is 9.79. The number of aliphatic hydroxyl groups is 2. The van der Waals surface area contributed by atoms with Crippen molar-refractivity contribution >= 4 is 0 Å². The van der Waals surface area contributed by atoms with E-state index in [1.165, 1.54) is 0 Å². The third-order valence-electron chi connectivity index (χ3n) is 3.05. The molecule has 1 saturated heterocycles. The molecule has 1 rings (SSSR count). The Morgan fingerprint density at radius 2 is 1.88 bits per heavy atom. The van der Waals surface area contributed by atoms with E-state index in [0.29, 0.717) is 6.61 Å². The van der Waals surface area contributed by atoms with Gasteiger partial charge in [-0.25, -0.2) is 0 Å². The van der Waals surface area contributed by atoms with Gasteiger partial charge in [-0.15, -0.1) is 0 Å². The van der Waals surface area contributed by atoms with E-state index in [4.69, 9.17) is 9.47 Å². The molecule has 0 saturated carbocycles. The predicted octanol–water partition coefficient (Wildman–Crippen LogP) is 1.24. The number of aliphatic hydroxyl groups excluding tert-OH is 2. The van der Waals surface area contributed by atoms with E-state index in [2.05, 4.69) is 0 Å². The van der Waals surface area contributed by atoms with Gasteiger partial charge in [-0.3, -0.25) is 0 Å². The van der Waals surface area contributed by atoms with Crippen molar-refractivity contribution in [3.8, 4) is 0 Å². The first kappa shape index (κ1) is 14.4. The summed E-state index contributed by atoms with van der Waals surface area (Å²) in [5, 5.41) is 19.6.